The monoisotopic (exact) mass is 270 g/mol. The Morgan fingerprint density at radius 2 is 1.68 bits per heavy atom. The second-order valence-electron chi connectivity index (χ2n) is 6.62. The summed E-state index contributed by atoms with van der Waals surface area (Å²) >= 11 is 0. The Hall–Kier alpha value is -1.26. The van der Waals surface area contributed by atoms with E-state index in [-0.39, 0.29) is 18.1 Å². The summed E-state index contributed by atoms with van der Waals surface area (Å²) in [5.41, 5.74) is -0.510. The van der Waals surface area contributed by atoms with Gasteiger partial charge in [-0.15, -0.1) is 0 Å². The molecule has 1 rings (SSSR count). The number of hydrogen-bond acceptors (Lipinski definition) is 2. The average Bonchev–Trinajstić information content (AvgIpc) is 2.23. The molecule has 1 aliphatic rings. The van der Waals surface area contributed by atoms with Crippen molar-refractivity contribution in [1.82, 2.24) is 10.2 Å². The fourth-order valence-corrected chi connectivity index (χ4v) is 2.67. The number of piperidine rings is 1. The predicted molar refractivity (Wildman–Crippen MR) is 74.0 cm³/mol. The quantitative estimate of drug-likeness (QED) is 0.809. The second-order valence-corrected chi connectivity index (χ2v) is 6.62. The highest BCUT2D eigenvalue weighted by Gasteiger charge is 2.36. The van der Waals surface area contributed by atoms with Gasteiger partial charge in [0.15, 0.2) is 0 Å². The Balaban J connectivity index is 2.79. The van der Waals surface area contributed by atoms with Crippen molar-refractivity contribution in [2.45, 2.75) is 72.0 Å². The third-order valence-electron chi connectivity index (χ3n) is 3.81. The Labute approximate surface area is 115 Å². The zero-order valence-corrected chi connectivity index (χ0v) is 12.6. The first-order valence-electron chi connectivity index (χ1n) is 6.96. The van der Waals surface area contributed by atoms with Gasteiger partial charge < -0.3 is 15.3 Å². The first-order chi connectivity index (χ1) is 8.64. The molecule has 0 aromatic rings. The minimum Gasteiger partial charge on any atom is -0.480 e. The number of urea groups is 1. The summed E-state index contributed by atoms with van der Waals surface area (Å²) < 4.78 is 0. The van der Waals surface area contributed by atoms with E-state index in [9.17, 15) is 14.7 Å². The maximum atomic E-state index is 12.3. The molecular weight excluding hydrogens is 244 g/mol. The molecule has 3 atom stereocenters. The molecule has 0 bridgehead atoms. The molecule has 19 heavy (non-hydrogen) atoms. The number of carbonyl (C=O) groups is 2. The lowest BCUT2D eigenvalue weighted by molar-refractivity contribution is -0.142. The third kappa shape index (κ3) is 3.85. The van der Waals surface area contributed by atoms with E-state index in [2.05, 4.69) is 5.32 Å². The van der Waals surface area contributed by atoms with Crippen LogP contribution in [0.15, 0.2) is 0 Å². The van der Waals surface area contributed by atoms with E-state index in [1.54, 1.807) is 4.90 Å². The van der Waals surface area contributed by atoms with Crippen molar-refractivity contribution in [2.75, 3.05) is 0 Å². The number of amides is 2. The van der Waals surface area contributed by atoms with Gasteiger partial charge in [0.25, 0.3) is 0 Å². The molecule has 0 aliphatic carbocycles. The van der Waals surface area contributed by atoms with Gasteiger partial charge in [-0.25, -0.2) is 9.59 Å². The maximum absolute atomic E-state index is 12.3. The number of carboxylic acid groups (broad SMARTS) is 1. The van der Waals surface area contributed by atoms with E-state index in [1.807, 2.05) is 34.6 Å². The van der Waals surface area contributed by atoms with Gasteiger partial charge >= 0.3 is 12.0 Å². The Kier molecular flexibility index (Phi) is 4.82. The third-order valence-corrected chi connectivity index (χ3v) is 3.81. The zero-order valence-electron chi connectivity index (χ0n) is 12.6. The van der Waals surface area contributed by atoms with Gasteiger partial charge in [-0.2, -0.15) is 0 Å². The zero-order chi connectivity index (χ0) is 14.8. The molecule has 0 aromatic carbocycles. The summed E-state index contributed by atoms with van der Waals surface area (Å²) in [5.74, 6) is -0.988. The van der Waals surface area contributed by atoms with E-state index in [0.29, 0.717) is 0 Å². The molecule has 2 amide bonds. The highest BCUT2D eigenvalue weighted by Crippen LogP contribution is 2.24. The van der Waals surface area contributed by atoms with Crippen LogP contribution in [0.3, 0.4) is 0 Å². The first kappa shape index (κ1) is 15.8. The molecule has 1 heterocycles. The minimum absolute atomic E-state index is 0.165. The van der Waals surface area contributed by atoms with Gasteiger partial charge in [-0.1, -0.05) is 20.8 Å². The van der Waals surface area contributed by atoms with Crippen LogP contribution < -0.4 is 5.32 Å². The largest absolute Gasteiger partial charge is 0.480 e. The molecule has 0 aromatic heterocycles. The van der Waals surface area contributed by atoms with Crippen molar-refractivity contribution in [2.24, 2.45) is 5.41 Å². The minimum atomic E-state index is -0.988. The number of hydrogen-bond donors (Lipinski definition) is 2. The highest BCUT2D eigenvalue weighted by atomic mass is 16.4. The van der Waals surface area contributed by atoms with Crippen LogP contribution >= 0.6 is 0 Å². The van der Waals surface area contributed by atoms with E-state index < -0.39 is 17.4 Å². The number of aliphatic carboxylic acids is 1. The topological polar surface area (TPSA) is 69.6 Å². The fourth-order valence-electron chi connectivity index (χ4n) is 2.67. The molecular formula is C14H26N2O3. The molecule has 0 spiro atoms. The Morgan fingerprint density at radius 1 is 1.21 bits per heavy atom. The van der Waals surface area contributed by atoms with Crippen molar-refractivity contribution < 1.29 is 14.7 Å². The summed E-state index contributed by atoms with van der Waals surface area (Å²) in [4.78, 5) is 25.4. The van der Waals surface area contributed by atoms with E-state index in [1.165, 1.54) is 0 Å². The lowest BCUT2D eigenvalue weighted by Gasteiger charge is -2.40. The Bertz CT molecular complexity index is 339. The van der Waals surface area contributed by atoms with Crippen molar-refractivity contribution >= 4 is 12.0 Å². The lowest BCUT2D eigenvalue weighted by Crippen LogP contribution is -2.58. The van der Waals surface area contributed by atoms with Crippen LogP contribution in [0.5, 0.6) is 0 Å². The van der Waals surface area contributed by atoms with Crippen molar-refractivity contribution in [1.29, 1.82) is 0 Å². The smallest absolute Gasteiger partial charge is 0.326 e. The Morgan fingerprint density at radius 3 is 2.05 bits per heavy atom. The number of carbonyl (C=O) groups excluding carboxylic acids is 1. The van der Waals surface area contributed by atoms with Crippen LogP contribution in [0.25, 0.3) is 0 Å². The van der Waals surface area contributed by atoms with Gasteiger partial charge in [0.1, 0.15) is 6.04 Å². The molecule has 110 valence electrons. The van der Waals surface area contributed by atoms with Crippen LogP contribution in [0, 0.1) is 5.41 Å². The number of nitrogens with one attached hydrogen (secondary N) is 1. The summed E-state index contributed by atoms with van der Waals surface area (Å²) in [7, 11) is 0. The molecule has 0 radical (unpaired) electrons. The predicted octanol–water partition coefficient (Wildman–Crippen LogP) is 2.46. The molecule has 5 nitrogen and oxygen atoms in total. The number of nitrogens with zero attached hydrogens (tertiary/aromatic N) is 1. The van der Waals surface area contributed by atoms with Gasteiger partial charge in [-0.05, 0) is 38.5 Å². The van der Waals surface area contributed by atoms with Crippen LogP contribution in [0.1, 0.15) is 53.9 Å². The maximum Gasteiger partial charge on any atom is 0.326 e. The number of likely N-dealkylation sites (tertiary alicyclic amines) is 1. The van der Waals surface area contributed by atoms with E-state index >= 15 is 0 Å². The van der Waals surface area contributed by atoms with Crippen LogP contribution in [-0.4, -0.2) is 40.1 Å². The van der Waals surface area contributed by atoms with Gasteiger partial charge in [-0.3, -0.25) is 0 Å². The normalized spacial score (nSPS) is 25.8. The van der Waals surface area contributed by atoms with Gasteiger partial charge in [0.2, 0.25) is 0 Å². The molecule has 5 heteroatoms. The van der Waals surface area contributed by atoms with Crippen molar-refractivity contribution in [3.05, 3.63) is 0 Å². The van der Waals surface area contributed by atoms with Crippen LogP contribution in [-0.2, 0) is 4.79 Å². The van der Waals surface area contributed by atoms with Crippen molar-refractivity contribution in [3.63, 3.8) is 0 Å². The number of rotatable bonds is 2. The van der Waals surface area contributed by atoms with Crippen molar-refractivity contribution in [3.8, 4) is 0 Å². The molecule has 2 N–H and O–H groups in total. The molecule has 1 saturated heterocycles. The fraction of sp³-hybridized carbons (Fsp3) is 0.857. The summed E-state index contributed by atoms with van der Waals surface area (Å²) in [5, 5.41) is 11.9. The molecule has 0 saturated carbocycles. The summed E-state index contributed by atoms with van der Waals surface area (Å²) in [6, 6.07) is -0.806. The van der Waals surface area contributed by atoms with Gasteiger partial charge in [0, 0.05) is 12.1 Å². The highest BCUT2D eigenvalue weighted by molar-refractivity contribution is 5.83. The lowest BCUT2D eigenvalue weighted by atomic mass is 9.87. The average molecular weight is 270 g/mol. The molecule has 1 fully saturated rings. The number of carboxylic acids is 1. The van der Waals surface area contributed by atoms with Crippen LogP contribution in [0.4, 0.5) is 4.79 Å². The molecule has 1 unspecified atom stereocenters. The van der Waals surface area contributed by atoms with E-state index in [4.69, 9.17) is 0 Å². The SMILES string of the molecule is C[C@@H]1CCC[C@H](C)N1C(=O)NC(C(=O)O)C(C)(C)C. The second kappa shape index (κ2) is 5.80. The molecule has 1 aliphatic heterocycles. The van der Waals surface area contributed by atoms with E-state index in [0.717, 1.165) is 19.3 Å². The standard InChI is InChI=1S/C14H26N2O3/c1-9-7-6-8-10(2)16(9)13(19)15-11(12(17)18)14(3,4)5/h9-11H,6-8H2,1-5H3,(H,15,19)(H,17,18)/t9-,10+,11?. The summed E-state index contributed by atoms with van der Waals surface area (Å²) in [6.45, 7) is 9.48. The summed E-state index contributed by atoms with van der Waals surface area (Å²) in [6.07, 6.45) is 3.07. The first-order valence-corrected chi connectivity index (χ1v) is 6.96. The van der Waals surface area contributed by atoms with Crippen LogP contribution in [0.2, 0.25) is 0 Å². The van der Waals surface area contributed by atoms with Gasteiger partial charge in [0.05, 0.1) is 0 Å².